The third-order valence-electron chi connectivity index (χ3n) is 11.0. The van der Waals surface area contributed by atoms with Crippen LogP contribution >= 0.6 is 0 Å². The zero-order valence-electron chi connectivity index (χ0n) is 50.6. The van der Waals surface area contributed by atoms with Gasteiger partial charge in [0.15, 0.2) is 0 Å². The largest absolute Gasteiger partial charge is 2.00 e. The average Bonchev–Trinajstić information content (AvgIpc) is 0.816. The second-order valence-electron chi connectivity index (χ2n) is 18.6. The van der Waals surface area contributed by atoms with Gasteiger partial charge in [-0.1, -0.05) is 72.8 Å². The molecule has 0 aliphatic rings. The van der Waals surface area contributed by atoms with Gasteiger partial charge in [0.2, 0.25) is 12.8 Å². The first kappa shape index (κ1) is 86.0. The minimum absolute atomic E-state index is 0. The van der Waals surface area contributed by atoms with Gasteiger partial charge in [0.1, 0.15) is 0 Å². The predicted molar refractivity (Wildman–Crippen MR) is 297 cm³/mol. The van der Waals surface area contributed by atoms with Gasteiger partial charge in [-0.25, -0.2) is 74.5 Å². The zero-order valence-corrected chi connectivity index (χ0v) is 55.5. The van der Waals surface area contributed by atoms with Gasteiger partial charge in [-0.3, -0.25) is 49.5 Å². The van der Waals surface area contributed by atoms with Gasteiger partial charge in [0.25, 0.3) is 0 Å². The molecule has 8 aromatic heterocycles. The van der Waals surface area contributed by atoms with Crippen LogP contribution in [0.2, 0.25) is 0 Å². The van der Waals surface area contributed by atoms with Gasteiger partial charge in [0.05, 0.1) is 71.0 Å². The molecule has 2 amide bonds. The number of halogens is 4. The fraction of sp³-hybridized carbons (Fsp3) is 0.133. The van der Waals surface area contributed by atoms with Crippen LogP contribution in [0.15, 0.2) is 219 Å². The number of anilines is 2. The number of pyridine rings is 8. The summed E-state index contributed by atoms with van der Waals surface area (Å²) in [5.41, 5.74) is 10.2. The van der Waals surface area contributed by atoms with Crippen molar-refractivity contribution in [2.24, 2.45) is 0 Å². The molecule has 0 saturated carbocycles. The molecule has 516 valence electrons. The maximum atomic E-state index is 9.43. The summed E-state index contributed by atoms with van der Waals surface area (Å²) in [4.78, 5) is 61.9. The first-order valence-corrected chi connectivity index (χ1v) is 31.3. The van der Waals surface area contributed by atoms with Crippen LogP contribution in [0, 0.1) is 41.0 Å². The van der Waals surface area contributed by atoms with Crippen molar-refractivity contribution in [2.45, 2.75) is 26.2 Å². The first-order valence-electron chi connectivity index (χ1n) is 26.3. The number of aromatic nitrogens is 8. The molecule has 11 rings (SSSR count). The minimum atomic E-state index is -4.94. The third kappa shape index (κ3) is 40.4. The second kappa shape index (κ2) is 44.7. The van der Waals surface area contributed by atoms with Crippen molar-refractivity contribution in [1.82, 2.24) is 49.7 Å². The Kier molecular flexibility index (Phi) is 40.0. The number of rotatable bonds is 12. The molecule has 2 radical (unpaired) electrons. The maximum Gasteiger partial charge on any atom is 2.00 e. The summed E-state index contributed by atoms with van der Waals surface area (Å²) >= 11 is 0. The van der Waals surface area contributed by atoms with E-state index in [9.17, 15) is 9.59 Å². The number of carbonyl (C=O) groups is 2. The van der Waals surface area contributed by atoms with Gasteiger partial charge in [-0.05, 0) is 97.1 Å². The Morgan fingerprint density at radius 3 is 0.615 bits per heavy atom. The Labute approximate surface area is 579 Å². The van der Waals surface area contributed by atoms with E-state index in [1.165, 1.54) is 9.80 Å². The Balaban J connectivity index is 0.000000634. The van der Waals surface area contributed by atoms with Crippen molar-refractivity contribution in [1.29, 1.82) is 0 Å². The Morgan fingerprint density at radius 2 is 0.458 bits per heavy atom. The van der Waals surface area contributed by atoms with Crippen molar-refractivity contribution in [3.05, 3.63) is 242 Å². The number of hydrogen-bond donors (Lipinski definition) is 0. The van der Waals surface area contributed by atoms with Crippen LogP contribution in [0.25, 0.3) is 43.6 Å². The van der Waals surface area contributed by atoms with Crippen molar-refractivity contribution in [3.8, 4) is 0 Å². The van der Waals surface area contributed by atoms with E-state index in [1.807, 2.05) is 97.6 Å². The average molecular weight is 1500 g/mol. The van der Waals surface area contributed by atoms with E-state index in [0.29, 0.717) is 26.2 Å². The summed E-state index contributed by atoms with van der Waals surface area (Å²) in [6, 6.07) is 57.1. The van der Waals surface area contributed by atoms with Crippen LogP contribution in [0.1, 0.15) is 22.8 Å². The van der Waals surface area contributed by atoms with E-state index in [2.05, 4.69) is 147 Å². The summed E-state index contributed by atoms with van der Waals surface area (Å²) in [5, 5.41) is 4.55. The summed E-state index contributed by atoms with van der Waals surface area (Å²) in [6.07, 6.45) is 16.1. The van der Waals surface area contributed by atoms with Gasteiger partial charge in [-0.15, -0.1) is 41.0 Å². The molecule has 96 heavy (non-hydrogen) atoms. The summed E-state index contributed by atoms with van der Waals surface area (Å²) in [6.45, 7) is 2.79. The maximum absolute atomic E-state index is 9.43. The van der Waals surface area contributed by atoms with E-state index in [1.54, 1.807) is 53.0 Å². The van der Waals surface area contributed by atoms with Crippen LogP contribution in [0.5, 0.6) is 0 Å². The van der Waals surface area contributed by atoms with Crippen LogP contribution in [-0.4, -0.2) is 90.7 Å². The van der Waals surface area contributed by atoms with Gasteiger partial charge < -0.3 is 19.6 Å². The molecule has 8 heterocycles. The summed E-state index contributed by atoms with van der Waals surface area (Å²) < 4.78 is 136. The van der Waals surface area contributed by atoms with Crippen LogP contribution in [-0.2, 0) is 69.9 Å². The number of fused-ring (bicyclic) bond motifs is 6. The molecule has 0 atom stereocenters. The summed E-state index contributed by atoms with van der Waals surface area (Å²) in [7, 11) is -13.0. The molecule has 11 aromatic rings. The van der Waals surface area contributed by atoms with Crippen molar-refractivity contribution >= 4 is 67.8 Å². The number of hydrogen-bond acceptors (Lipinski definition) is 28. The standard InChI is InChI=1S/C30H28N6.2C12H8N2.2C3H7NO.4ClHO4.2Cu/c1-5-17-31-25(9-1)21-35(22-26-10-2-6-18-32-26)29-13-15-30(16-14-29)36(23-27-11-3-7-19-33-27)24-28-12-4-8-20-34-28;2*1-3-9-5-6-10-4-2-8-14-12(10)11(9)13-7-1;2*1-4(2)3-5;4*2-1(3,4)5;;/h1-20H,21-24H2;2*1-8H;2*3H,1-2H3;4*(H,2,3,4,5);;/q;;;;;;;;;2*+2/p-4. The number of amides is 2. The molecule has 0 spiro atoms. The van der Waals surface area contributed by atoms with Crippen molar-refractivity contribution in [2.75, 3.05) is 38.0 Å². The van der Waals surface area contributed by atoms with E-state index in [-0.39, 0.29) is 34.1 Å². The topological polar surface area (TPSA) is 519 Å². The molecular formula is C60H58Cl4Cu2N12O18. The van der Waals surface area contributed by atoms with Gasteiger partial charge >= 0.3 is 34.1 Å². The molecule has 30 nitrogen and oxygen atoms in total. The van der Waals surface area contributed by atoms with Gasteiger partial charge in [0, 0.05) is 111 Å². The Morgan fingerprint density at radius 1 is 0.281 bits per heavy atom. The zero-order chi connectivity index (χ0) is 69.7. The normalized spacial score (nSPS) is 10.4. The molecule has 0 saturated heterocycles. The molecule has 3 aromatic carbocycles. The van der Waals surface area contributed by atoms with E-state index < -0.39 is 41.0 Å². The molecule has 0 aliphatic carbocycles. The Hall–Kier alpha value is -8.00. The molecule has 36 heteroatoms. The minimum Gasteiger partial charge on any atom is -0.360 e. The van der Waals surface area contributed by atoms with E-state index in [4.69, 9.17) is 74.5 Å². The number of carbonyl (C=O) groups excluding carboxylic acids is 2. The first-order chi connectivity index (χ1) is 44.3. The van der Waals surface area contributed by atoms with Gasteiger partial charge in [-0.2, -0.15) is 0 Å². The molecular weight excluding hydrogens is 1450 g/mol. The smallest absolute Gasteiger partial charge is 0.360 e. The van der Waals surface area contributed by atoms with Crippen LogP contribution < -0.4 is 84.3 Å². The third-order valence-corrected chi connectivity index (χ3v) is 11.0. The van der Waals surface area contributed by atoms with Crippen molar-refractivity contribution < 1.29 is 159 Å². The monoisotopic (exact) mass is 1500 g/mol. The number of benzene rings is 3. The summed E-state index contributed by atoms with van der Waals surface area (Å²) in [5.74, 6) is 0. The van der Waals surface area contributed by atoms with E-state index in [0.717, 1.165) is 90.6 Å². The predicted octanol–water partition coefficient (Wildman–Crippen LogP) is -8.37. The van der Waals surface area contributed by atoms with Crippen LogP contribution in [0.3, 0.4) is 0 Å². The molecule has 0 N–H and O–H groups in total. The molecule has 0 bridgehead atoms. The molecule has 0 aliphatic heterocycles. The fourth-order valence-corrected chi connectivity index (χ4v) is 7.46. The van der Waals surface area contributed by atoms with Crippen LogP contribution in [0.4, 0.5) is 11.4 Å². The van der Waals surface area contributed by atoms with Crippen molar-refractivity contribution in [3.63, 3.8) is 0 Å². The second-order valence-corrected chi connectivity index (χ2v) is 21.6. The quantitative estimate of drug-likeness (QED) is 0.0623. The fourth-order valence-electron chi connectivity index (χ4n) is 7.46. The molecule has 0 fully saturated rings. The Bertz CT molecular complexity index is 3420. The number of nitrogens with zero attached hydrogens (tertiary/aromatic N) is 12. The van der Waals surface area contributed by atoms with E-state index >= 15 is 0 Å². The SMILES string of the molecule is CN(C)C=O.CN(C)C=O.[Cu+2].[Cu+2].[O-][Cl+3]([O-])([O-])[O-].[O-][Cl+3]([O-])([O-])[O-].[O-][Cl+3]([O-])([O-])[O-].[O-][Cl+3]([O-])([O-])[O-].c1ccc(CN(Cc2ccccn2)c2ccc(N(Cc3ccccn3)Cc3ccccn3)cc2)nc1.c1cnc2c(c1)ccc1cccnc12.c1cnc2c(c1)ccc1cccnc12. The molecule has 0 unspecified atom stereocenters.